The van der Waals surface area contributed by atoms with Crippen LogP contribution in [0.25, 0.3) is 0 Å². The third-order valence-electron chi connectivity index (χ3n) is 4.66. The van der Waals surface area contributed by atoms with Crippen molar-refractivity contribution in [3.63, 3.8) is 0 Å². The summed E-state index contributed by atoms with van der Waals surface area (Å²) in [6.45, 7) is 1.99. The van der Waals surface area contributed by atoms with Crippen LogP contribution in [0.2, 0.25) is 5.02 Å². The minimum absolute atomic E-state index is 0.0567. The van der Waals surface area contributed by atoms with Gasteiger partial charge in [-0.3, -0.25) is 14.4 Å². The van der Waals surface area contributed by atoms with Crippen LogP contribution in [0.1, 0.15) is 27.1 Å². The Balaban J connectivity index is 1.51. The summed E-state index contributed by atoms with van der Waals surface area (Å²) < 4.78 is 0. The van der Waals surface area contributed by atoms with Crippen molar-refractivity contribution in [2.75, 3.05) is 32.7 Å². The number of nitrogens with zero attached hydrogens (tertiary/aromatic N) is 2. The van der Waals surface area contributed by atoms with Gasteiger partial charge in [-0.1, -0.05) is 29.8 Å². The number of hydrogen-bond acceptors (Lipinski definition) is 3. The molecule has 1 heterocycles. The molecule has 0 unspecified atom stereocenters. The summed E-state index contributed by atoms with van der Waals surface area (Å²) in [6.07, 6.45) is 0.692. The summed E-state index contributed by atoms with van der Waals surface area (Å²) in [5, 5.41) is 3.24. The maximum Gasteiger partial charge on any atom is 0.253 e. The molecule has 28 heavy (non-hydrogen) atoms. The first kappa shape index (κ1) is 19.9. The zero-order valence-corrected chi connectivity index (χ0v) is 16.2. The highest BCUT2D eigenvalue weighted by molar-refractivity contribution is 6.30. The Kier molecular flexibility index (Phi) is 6.66. The van der Waals surface area contributed by atoms with Gasteiger partial charge in [-0.2, -0.15) is 0 Å². The first-order valence-electron chi connectivity index (χ1n) is 9.20. The topological polar surface area (TPSA) is 69.7 Å². The van der Waals surface area contributed by atoms with E-state index in [4.69, 9.17) is 11.6 Å². The van der Waals surface area contributed by atoms with Crippen molar-refractivity contribution in [3.05, 3.63) is 70.7 Å². The molecule has 1 fully saturated rings. The Morgan fingerprint density at radius 1 is 0.821 bits per heavy atom. The third-order valence-corrected chi connectivity index (χ3v) is 4.92. The number of carbonyl (C=O) groups excluding carboxylic acids is 3. The Labute approximate surface area is 169 Å². The van der Waals surface area contributed by atoms with E-state index in [1.54, 1.807) is 58.3 Å². The van der Waals surface area contributed by atoms with Crippen molar-refractivity contribution >= 4 is 29.3 Å². The summed E-state index contributed by atoms with van der Waals surface area (Å²) in [4.78, 5) is 40.6. The van der Waals surface area contributed by atoms with Crippen LogP contribution in [0, 0.1) is 0 Å². The molecule has 3 rings (SSSR count). The predicted octanol–water partition coefficient (Wildman–Crippen LogP) is 2.44. The van der Waals surface area contributed by atoms with Crippen LogP contribution >= 0.6 is 11.6 Å². The summed E-state index contributed by atoms with van der Waals surface area (Å²) in [6, 6.07) is 15.6. The van der Waals surface area contributed by atoms with Gasteiger partial charge in [0.2, 0.25) is 5.91 Å². The van der Waals surface area contributed by atoms with Gasteiger partial charge in [0.15, 0.2) is 0 Å². The molecular formula is C21H22ClN3O3. The lowest BCUT2D eigenvalue weighted by molar-refractivity contribution is -0.129. The van der Waals surface area contributed by atoms with E-state index in [0.717, 1.165) is 0 Å². The quantitative estimate of drug-likeness (QED) is 0.858. The molecule has 1 aliphatic heterocycles. The highest BCUT2D eigenvalue weighted by Gasteiger charge is 2.23. The molecule has 0 aromatic heterocycles. The molecule has 1 aliphatic rings. The minimum atomic E-state index is -0.275. The standard InChI is InChI=1S/C21H22ClN3O3/c22-18-9-7-17(8-10-18)21(28)25-12-4-11-24(13-14-25)19(26)15-23-20(27)16-5-2-1-3-6-16/h1-3,5-10H,4,11-15H2,(H,23,27). The van der Waals surface area contributed by atoms with Crippen LogP contribution in [-0.2, 0) is 4.79 Å². The normalized spacial score (nSPS) is 14.3. The zero-order chi connectivity index (χ0) is 19.9. The second-order valence-corrected chi connectivity index (χ2v) is 7.02. The molecule has 3 amide bonds. The van der Waals surface area contributed by atoms with E-state index in [9.17, 15) is 14.4 Å². The lowest BCUT2D eigenvalue weighted by atomic mass is 10.2. The third kappa shape index (κ3) is 5.10. The maximum absolute atomic E-state index is 12.6. The van der Waals surface area contributed by atoms with Gasteiger partial charge in [0, 0.05) is 42.3 Å². The average Bonchev–Trinajstić information content (AvgIpc) is 2.99. The Morgan fingerprint density at radius 2 is 1.46 bits per heavy atom. The monoisotopic (exact) mass is 399 g/mol. The molecule has 0 radical (unpaired) electrons. The van der Waals surface area contributed by atoms with E-state index in [1.165, 1.54) is 0 Å². The predicted molar refractivity (Wildman–Crippen MR) is 107 cm³/mol. The van der Waals surface area contributed by atoms with Gasteiger partial charge in [-0.05, 0) is 42.8 Å². The molecule has 0 saturated carbocycles. The smallest absolute Gasteiger partial charge is 0.253 e. The van der Waals surface area contributed by atoms with E-state index >= 15 is 0 Å². The lowest BCUT2D eigenvalue weighted by Crippen LogP contribution is -2.42. The average molecular weight is 400 g/mol. The van der Waals surface area contributed by atoms with Crippen molar-refractivity contribution in [2.45, 2.75) is 6.42 Å². The van der Waals surface area contributed by atoms with Crippen LogP contribution < -0.4 is 5.32 Å². The molecule has 6 nitrogen and oxygen atoms in total. The summed E-state index contributed by atoms with van der Waals surface area (Å²) in [5.41, 5.74) is 1.10. The molecule has 2 aromatic rings. The molecule has 0 atom stereocenters. The second-order valence-electron chi connectivity index (χ2n) is 6.58. The van der Waals surface area contributed by atoms with Crippen molar-refractivity contribution < 1.29 is 14.4 Å². The Hall–Kier alpha value is -2.86. The number of halogens is 1. The van der Waals surface area contributed by atoms with Crippen molar-refractivity contribution in [1.82, 2.24) is 15.1 Å². The van der Waals surface area contributed by atoms with Gasteiger partial charge in [-0.15, -0.1) is 0 Å². The van der Waals surface area contributed by atoms with Crippen LogP contribution in [0.5, 0.6) is 0 Å². The van der Waals surface area contributed by atoms with Gasteiger partial charge in [0.25, 0.3) is 11.8 Å². The van der Waals surface area contributed by atoms with Gasteiger partial charge in [-0.25, -0.2) is 0 Å². The zero-order valence-electron chi connectivity index (χ0n) is 15.4. The number of rotatable bonds is 4. The maximum atomic E-state index is 12.6. The van der Waals surface area contributed by atoms with Crippen molar-refractivity contribution in [1.29, 1.82) is 0 Å². The summed E-state index contributed by atoms with van der Waals surface area (Å²) >= 11 is 5.87. The van der Waals surface area contributed by atoms with E-state index < -0.39 is 0 Å². The molecular weight excluding hydrogens is 378 g/mol. The largest absolute Gasteiger partial charge is 0.343 e. The summed E-state index contributed by atoms with van der Waals surface area (Å²) in [7, 11) is 0. The fourth-order valence-electron chi connectivity index (χ4n) is 3.10. The lowest BCUT2D eigenvalue weighted by Gasteiger charge is -2.22. The Bertz CT molecular complexity index is 840. The molecule has 1 N–H and O–H groups in total. The first-order chi connectivity index (χ1) is 13.5. The number of hydrogen-bond donors (Lipinski definition) is 1. The van der Waals surface area contributed by atoms with Crippen molar-refractivity contribution in [2.24, 2.45) is 0 Å². The molecule has 0 spiro atoms. The van der Waals surface area contributed by atoms with Crippen molar-refractivity contribution in [3.8, 4) is 0 Å². The molecule has 2 aromatic carbocycles. The number of amides is 3. The number of nitrogens with one attached hydrogen (secondary N) is 1. The van der Waals surface area contributed by atoms with Gasteiger partial charge < -0.3 is 15.1 Å². The van der Waals surface area contributed by atoms with Crippen LogP contribution in [0.4, 0.5) is 0 Å². The second kappa shape index (κ2) is 9.37. The highest BCUT2D eigenvalue weighted by Crippen LogP contribution is 2.13. The van der Waals surface area contributed by atoms with Gasteiger partial charge in [0.1, 0.15) is 0 Å². The molecule has 1 saturated heterocycles. The van der Waals surface area contributed by atoms with E-state index in [2.05, 4.69) is 5.32 Å². The fourth-order valence-corrected chi connectivity index (χ4v) is 3.23. The van der Waals surface area contributed by atoms with Gasteiger partial charge in [0.05, 0.1) is 6.54 Å². The van der Waals surface area contributed by atoms with Crippen LogP contribution in [0.15, 0.2) is 54.6 Å². The molecule has 146 valence electrons. The number of benzene rings is 2. The van der Waals surface area contributed by atoms with Gasteiger partial charge >= 0.3 is 0 Å². The number of carbonyl (C=O) groups is 3. The van der Waals surface area contributed by atoms with E-state index in [-0.39, 0.29) is 24.3 Å². The Morgan fingerprint density at radius 3 is 2.18 bits per heavy atom. The SMILES string of the molecule is O=C(NCC(=O)N1CCCN(C(=O)c2ccc(Cl)cc2)CC1)c1ccccc1. The van der Waals surface area contributed by atoms with E-state index in [0.29, 0.717) is 48.7 Å². The van der Waals surface area contributed by atoms with Crippen LogP contribution in [0.3, 0.4) is 0 Å². The van der Waals surface area contributed by atoms with Crippen LogP contribution in [-0.4, -0.2) is 60.2 Å². The molecule has 0 bridgehead atoms. The molecule has 7 heteroatoms. The first-order valence-corrected chi connectivity index (χ1v) is 9.58. The summed E-state index contributed by atoms with van der Waals surface area (Å²) in [5.74, 6) is -0.489. The highest BCUT2D eigenvalue weighted by atomic mass is 35.5. The van der Waals surface area contributed by atoms with E-state index in [1.807, 2.05) is 6.07 Å². The molecule has 0 aliphatic carbocycles. The minimum Gasteiger partial charge on any atom is -0.343 e. The fraction of sp³-hybridized carbons (Fsp3) is 0.286.